The largest absolute Gasteiger partial charge is 0.396 e. The minimum Gasteiger partial charge on any atom is -0.396 e. The monoisotopic (exact) mass is 245 g/mol. The van der Waals surface area contributed by atoms with Gasteiger partial charge in [0.25, 0.3) is 0 Å². The summed E-state index contributed by atoms with van der Waals surface area (Å²) in [6.45, 7) is 2.49. The lowest BCUT2D eigenvalue weighted by Crippen LogP contribution is -2.28. The van der Waals surface area contributed by atoms with Crippen LogP contribution in [0.5, 0.6) is 0 Å². The second-order valence-electron chi connectivity index (χ2n) is 4.13. The predicted octanol–water partition coefficient (Wildman–Crippen LogP) is 1.22. The van der Waals surface area contributed by atoms with Crippen LogP contribution in [0, 0.1) is 17.6 Å². The molecule has 0 aliphatic heterocycles. The molecule has 0 spiro atoms. The summed E-state index contributed by atoms with van der Waals surface area (Å²) >= 11 is 0. The molecule has 1 rings (SSSR count). The molecule has 0 saturated heterocycles. The summed E-state index contributed by atoms with van der Waals surface area (Å²) in [6.07, 6.45) is -1.10. The molecule has 0 saturated carbocycles. The number of benzene rings is 1. The molecule has 0 aromatic heterocycles. The van der Waals surface area contributed by atoms with Crippen LogP contribution in [0.2, 0.25) is 0 Å². The molecule has 0 aliphatic carbocycles. The van der Waals surface area contributed by atoms with E-state index < -0.39 is 17.7 Å². The molecule has 17 heavy (non-hydrogen) atoms. The Morgan fingerprint density at radius 3 is 2.65 bits per heavy atom. The number of aliphatic hydroxyl groups is 2. The molecule has 3 N–H and O–H groups in total. The summed E-state index contributed by atoms with van der Waals surface area (Å²) in [5.74, 6) is -1.15. The molecule has 0 amide bonds. The Hall–Kier alpha value is -1.04. The van der Waals surface area contributed by atoms with Crippen molar-refractivity contribution in [2.24, 2.45) is 5.92 Å². The van der Waals surface area contributed by atoms with Crippen LogP contribution in [0.3, 0.4) is 0 Å². The smallest absolute Gasteiger partial charge is 0.129 e. The van der Waals surface area contributed by atoms with Crippen molar-refractivity contribution < 1.29 is 19.0 Å². The van der Waals surface area contributed by atoms with Gasteiger partial charge in [0.1, 0.15) is 11.6 Å². The Morgan fingerprint density at radius 2 is 2.00 bits per heavy atom. The Labute approximate surface area is 99.1 Å². The highest BCUT2D eigenvalue weighted by Gasteiger charge is 2.13. The summed E-state index contributed by atoms with van der Waals surface area (Å²) in [5.41, 5.74) is -0.0610. The number of hydrogen-bond acceptors (Lipinski definition) is 3. The molecule has 0 aliphatic rings. The lowest BCUT2D eigenvalue weighted by atomic mass is 10.1. The number of rotatable bonds is 6. The molecule has 0 bridgehead atoms. The van der Waals surface area contributed by atoms with Gasteiger partial charge in [-0.05, 0) is 30.7 Å². The topological polar surface area (TPSA) is 52.5 Å². The highest BCUT2D eigenvalue weighted by molar-refractivity contribution is 5.21. The molecule has 5 heteroatoms. The van der Waals surface area contributed by atoms with Crippen molar-refractivity contribution in [1.82, 2.24) is 5.32 Å². The fourth-order valence-electron chi connectivity index (χ4n) is 1.41. The molecular weight excluding hydrogens is 228 g/mol. The summed E-state index contributed by atoms with van der Waals surface area (Å²) < 4.78 is 26.2. The molecule has 3 nitrogen and oxygen atoms in total. The van der Waals surface area contributed by atoms with Crippen molar-refractivity contribution in [2.45, 2.75) is 13.0 Å². The quantitative estimate of drug-likeness (QED) is 0.706. The molecule has 96 valence electrons. The van der Waals surface area contributed by atoms with Gasteiger partial charge in [0.05, 0.1) is 6.10 Å². The van der Waals surface area contributed by atoms with Crippen LogP contribution in [0.1, 0.15) is 18.6 Å². The zero-order valence-corrected chi connectivity index (χ0v) is 9.66. The molecular formula is C12H17F2NO2. The van der Waals surface area contributed by atoms with E-state index in [1.54, 1.807) is 0 Å². The van der Waals surface area contributed by atoms with Gasteiger partial charge in [-0.3, -0.25) is 0 Å². The van der Waals surface area contributed by atoms with Crippen LogP contribution in [-0.4, -0.2) is 29.9 Å². The first kappa shape index (κ1) is 14.0. The highest BCUT2D eigenvalue weighted by Crippen LogP contribution is 2.17. The maximum absolute atomic E-state index is 13.3. The number of aliphatic hydroxyl groups excluding tert-OH is 2. The van der Waals surface area contributed by atoms with E-state index in [9.17, 15) is 13.9 Å². The van der Waals surface area contributed by atoms with Gasteiger partial charge < -0.3 is 15.5 Å². The molecule has 0 heterocycles. The van der Waals surface area contributed by atoms with Crippen molar-refractivity contribution in [3.05, 3.63) is 35.4 Å². The maximum atomic E-state index is 13.3. The van der Waals surface area contributed by atoms with Crippen molar-refractivity contribution >= 4 is 0 Å². The van der Waals surface area contributed by atoms with Crippen LogP contribution in [-0.2, 0) is 0 Å². The van der Waals surface area contributed by atoms with Crippen molar-refractivity contribution in [2.75, 3.05) is 19.7 Å². The van der Waals surface area contributed by atoms with Gasteiger partial charge in [0, 0.05) is 18.7 Å². The van der Waals surface area contributed by atoms with E-state index in [2.05, 4.69) is 5.32 Å². The third-order valence-corrected chi connectivity index (χ3v) is 2.46. The van der Waals surface area contributed by atoms with Gasteiger partial charge in [0.2, 0.25) is 0 Å². The minimum absolute atomic E-state index is 0.0391. The van der Waals surface area contributed by atoms with Gasteiger partial charge >= 0.3 is 0 Å². The van der Waals surface area contributed by atoms with E-state index in [-0.39, 0.29) is 24.6 Å². The highest BCUT2D eigenvalue weighted by atomic mass is 19.1. The molecule has 2 unspecified atom stereocenters. The molecule has 0 fully saturated rings. The Kier molecular flexibility index (Phi) is 5.47. The predicted molar refractivity (Wildman–Crippen MR) is 60.4 cm³/mol. The van der Waals surface area contributed by atoms with Crippen LogP contribution in [0.25, 0.3) is 0 Å². The summed E-state index contributed by atoms with van der Waals surface area (Å²) in [5, 5.41) is 21.3. The maximum Gasteiger partial charge on any atom is 0.129 e. The molecule has 0 radical (unpaired) electrons. The van der Waals surface area contributed by atoms with Crippen molar-refractivity contribution in [3.8, 4) is 0 Å². The van der Waals surface area contributed by atoms with Gasteiger partial charge in [-0.1, -0.05) is 6.92 Å². The van der Waals surface area contributed by atoms with E-state index in [4.69, 9.17) is 5.11 Å². The molecule has 1 aromatic carbocycles. The standard InChI is InChI=1S/C12H17F2NO2/c1-8(7-16)5-15-6-12(17)10-4-9(13)2-3-11(10)14/h2-4,8,12,15-17H,5-7H2,1H3. The van der Waals surface area contributed by atoms with Crippen LogP contribution in [0.4, 0.5) is 8.78 Å². The number of halogens is 2. The lowest BCUT2D eigenvalue weighted by molar-refractivity contribution is 0.163. The van der Waals surface area contributed by atoms with E-state index in [1.807, 2.05) is 6.92 Å². The third kappa shape index (κ3) is 4.38. The Bertz CT molecular complexity index is 360. The van der Waals surface area contributed by atoms with Gasteiger partial charge in [-0.15, -0.1) is 0 Å². The molecule has 1 aromatic rings. The van der Waals surface area contributed by atoms with E-state index in [0.29, 0.717) is 6.54 Å². The zero-order valence-electron chi connectivity index (χ0n) is 9.66. The zero-order chi connectivity index (χ0) is 12.8. The van der Waals surface area contributed by atoms with E-state index >= 15 is 0 Å². The fraction of sp³-hybridized carbons (Fsp3) is 0.500. The van der Waals surface area contributed by atoms with Crippen LogP contribution in [0.15, 0.2) is 18.2 Å². The van der Waals surface area contributed by atoms with Crippen LogP contribution >= 0.6 is 0 Å². The lowest BCUT2D eigenvalue weighted by Gasteiger charge is -2.15. The number of hydrogen-bond donors (Lipinski definition) is 3. The first-order valence-corrected chi connectivity index (χ1v) is 5.49. The summed E-state index contributed by atoms with van der Waals surface area (Å²) in [4.78, 5) is 0. The number of nitrogens with one attached hydrogen (secondary N) is 1. The van der Waals surface area contributed by atoms with Crippen molar-refractivity contribution in [1.29, 1.82) is 0 Å². The average molecular weight is 245 g/mol. The van der Waals surface area contributed by atoms with Gasteiger partial charge in [-0.2, -0.15) is 0 Å². The minimum atomic E-state index is -1.10. The second-order valence-corrected chi connectivity index (χ2v) is 4.13. The Balaban J connectivity index is 2.52. The third-order valence-electron chi connectivity index (χ3n) is 2.46. The normalized spacial score (nSPS) is 14.6. The van der Waals surface area contributed by atoms with E-state index in [0.717, 1.165) is 18.2 Å². The summed E-state index contributed by atoms with van der Waals surface area (Å²) in [6, 6.07) is 2.98. The summed E-state index contributed by atoms with van der Waals surface area (Å²) in [7, 11) is 0. The SMILES string of the molecule is CC(CO)CNCC(O)c1cc(F)ccc1F. The van der Waals surface area contributed by atoms with E-state index in [1.165, 1.54) is 0 Å². The first-order chi connectivity index (χ1) is 8.04. The van der Waals surface area contributed by atoms with Crippen LogP contribution < -0.4 is 5.32 Å². The van der Waals surface area contributed by atoms with Gasteiger partial charge in [0.15, 0.2) is 0 Å². The fourth-order valence-corrected chi connectivity index (χ4v) is 1.41. The second kappa shape index (κ2) is 6.64. The molecule has 2 atom stereocenters. The van der Waals surface area contributed by atoms with Gasteiger partial charge in [-0.25, -0.2) is 8.78 Å². The van der Waals surface area contributed by atoms with Crippen molar-refractivity contribution in [3.63, 3.8) is 0 Å². The average Bonchev–Trinajstić information content (AvgIpc) is 2.31. The Morgan fingerprint density at radius 1 is 1.29 bits per heavy atom. The first-order valence-electron chi connectivity index (χ1n) is 5.49.